The van der Waals surface area contributed by atoms with E-state index in [2.05, 4.69) is 18.3 Å². The van der Waals surface area contributed by atoms with Crippen LogP contribution in [-0.4, -0.2) is 30.9 Å². The van der Waals surface area contributed by atoms with Crippen LogP contribution in [0, 0.1) is 6.92 Å². The Hall–Kier alpha value is -0.420. The number of aryl methyl sites for hydroxylation is 1. The zero-order chi connectivity index (χ0) is 11.6. The predicted octanol–water partition coefficient (Wildman–Crippen LogP) is 1.64. The van der Waals surface area contributed by atoms with Crippen molar-refractivity contribution in [2.75, 3.05) is 19.8 Å². The van der Waals surface area contributed by atoms with Crippen LogP contribution in [0.1, 0.15) is 23.8 Å². The highest BCUT2D eigenvalue weighted by atomic mass is 32.1. The number of aliphatic hydroxyl groups is 1. The molecule has 0 aliphatic carbocycles. The first-order valence-electron chi connectivity index (χ1n) is 5.67. The van der Waals surface area contributed by atoms with E-state index >= 15 is 0 Å². The number of ether oxygens (including phenoxy) is 1. The lowest BCUT2D eigenvalue weighted by Gasteiger charge is -2.31. The van der Waals surface area contributed by atoms with Crippen molar-refractivity contribution in [1.29, 1.82) is 0 Å². The SMILES string of the molecule is Cc1cc(C(C)(O)CC2COCCN2)cs1. The zero-order valence-corrected chi connectivity index (χ0v) is 10.6. The summed E-state index contributed by atoms with van der Waals surface area (Å²) in [7, 11) is 0. The van der Waals surface area contributed by atoms with Crippen LogP contribution in [0.3, 0.4) is 0 Å². The van der Waals surface area contributed by atoms with Crippen molar-refractivity contribution in [3.05, 3.63) is 21.9 Å². The molecule has 4 heteroatoms. The third-order valence-electron chi connectivity index (χ3n) is 2.99. The molecule has 2 atom stereocenters. The van der Waals surface area contributed by atoms with E-state index < -0.39 is 5.60 Å². The Bertz CT molecular complexity index is 343. The molecule has 1 aromatic rings. The fourth-order valence-corrected chi connectivity index (χ4v) is 2.90. The van der Waals surface area contributed by atoms with Gasteiger partial charge in [-0.05, 0) is 37.3 Å². The van der Waals surface area contributed by atoms with Crippen LogP contribution >= 0.6 is 11.3 Å². The first-order chi connectivity index (χ1) is 7.58. The lowest BCUT2D eigenvalue weighted by atomic mass is 9.91. The van der Waals surface area contributed by atoms with Crippen molar-refractivity contribution in [2.24, 2.45) is 0 Å². The van der Waals surface area contributed by atoms with Crippen LogP contribution in [0.15, 0.2) is 11.4 Å². The molecule has 1 fully saturated rings. The lowest BCUT2D eigenvalue weighted by molar-refractivity contribution is 0.00346. The third-order valence-corrected chi connectivity index (χ3v) is 3.86. The normalized spacial score (nSPS) is 25.3. The maximum atomic E-state index is 10.5. The summed E-state index contributed by atoms with van der Waals surface area (Å²) in [5, 5.41) is 15.9. The van der Waals surface area contributed by atoms with E-state index in [9.17, 15) is 5.11 Å². The van der Waals surface area contributed by atoms with Gasteiger partial charge in [-0.2, -0.15) is 0 Å². The molecule has 90 valence electrons. The van der Waals surface area contributed by atoms with Gasteiger partial charge >= 0.3 is 0 Å². The van der Waals surface area contributed by atoms with Gasteiger partial charge in [0, 0.05) is 17.5 Å². The maximum absolute atomic E-state index is 10.5. The van der Waals surface area contributed by atoms with Gasteiger partial charge in [-0.25, -0.2) is 0 Å². The Morgan fingerprint density at radius 2 is 2.50 bits per heavy atom. The summed E-state index contributed by atoms with van der Waals surface area (Å²) in [6.07, 6.45) is 0.698. The summed E-state index contributed by atoms with van der Waals surface area (Å²) < 4.78 is 5.40. The second-order valence-corrected chi connectivity index (χ2v) is 5.77. The molecule has 1 aliphatic rings. The van der Waals surface area contributed by atoms with Gasteiger partial charge in [0.25, 0.3) is 0 Å². The van der Waals surface area contributed by atoms with E-state index in [4.69, 9.17) is 4.74 Å². The second-order valence-electron chi connectivity index (χ2n) is 4.65. The Morgan fingerprint density at radius 3 is 3.06 bits per heavy atom. The Labute approximate surface area is 100 Å². The van der Waals surface area contributed by atoms with E-state index in [1.165, 1.54) is 4.88 Å². The van der Waals surface area contributed by atoms with Crippen molar-refractivity contribution in [2.45, 2.75) is 31.9 Å². The molecule has 0 bridgehead atoms. The van der Waals surface area contributed by atoms with Gasteiger partial charge in [0.1, 0.15) is 0 Å². The molecule has 2 heterocycles. The van der Waals surface area contributed by atoms with Crippen LogP contribution in [-0.2, 0) is 10.3 Å². The minimum absolute atomic E-state index is 0.254. The van der Waals surface area contributed by atoms with Gasteiger partial charge in [0.2, 0.25) is 0 Å². The molecule has 0 spiro atoms. The monoisotopic (exact) mass is 241 g/mol. The van der Waals surface area contributed by atoms with Crippen LogP contribution in [0.2, 0.25) is 0 Å². The van der Waals surface area contributed by atoms with Gasteiger partial charge in [-0.1, -0.05) is 0 Å². The number of rotatable bonds is 3. The minimum atomic E-state index is -0.761. The Balaban J connectivity index is 2.01. The summed E-state index contributed by atoms with van der Waals surface area (Å²) in [6, 6.07) is 2.32. The van der Waals surface area contributed by atoms with Crippen molar-refractivity contribution in [3.8, 4) is 0 Å². The fourth-order valence-electron chi connectivity index (χ4n) is 2.07. The number of nitrogens with one attached hydrogen (secondary N) is 1. The number of hydrogen-bond donors (Lipinski definition) is 2. The summed E-state index contributed by atoms with van der Waals surface area (Å²) in [5.41, 5.74) is 0.255. The molecule has 16 heavy (non-hydrogen) atoms. The number of hydrogen-bond acceptors (Lipinski definition) is 4. The molecular weight excluding hydrogens is 222 g/mol. The van der Waals surface area contributed by atoms with Crippen LogP contribution in [0.25, 0.3) is 0 Å². The maximum Gasteiger partial charge on any atom is 0.0892 e. The summed E-state index contributed by atoms with van der Waals surface area (Å²) in [6.45, 7) is 6.29. The molecule has 2 rings (SSSR count). The molecule has 0 aromatic carbocycles. The first kappa shape index (κ1) is 12.0. The second kappa shape index (κ2) is 4.84. The van der Waals surface area contributed by atoms with Crippen LogP contribution in [0.4, 0.5) is 0 Å². The molecule has 1 saturated heterocycles. The highest BCUT2D eigenvalue weighted by Crippen LogP contribution is 2.29. The van der Waals surface area contributed by atoms with Crippen molar-refractivity contribution in [1.82, 2.24) is 5.32 Å². The number of morpholine rings is 1. The summed E-state index contributed by atoms with van der Waals surface area (Å²) in [5.74, 6) is 0. The fraction of sp³-hybridized carbons (Fsp3) is 0.667. The molecule has 2 N–H and O–H groups in total. The molecule has 1 aliphatic heterocycles. The van der Waals surface area contributed by atoms with Gasteiger partial charge in [-0.3, -0.25) is 0 Å². The van der Waals surface area contributed by atoms with Crippen LogP contribution < -0.4 is 5.32 Å². The Kier molecular flexibility index (Phi) is 3.64. The van der Waals surface area contributed by atoms with Gasteiger partial charge in [-0.15, -0.1) is 11.3 Å². The molecule has 2 unspecified atom stereocenters. The topological polar surface area (TPSA) is 41.5 Å². The van der Waals surface area contributed by atoms with E-state index in [1.54, 1.807) is 11.3 Å². The van der Waals surface area contributed by atoms with Crippen molar-refractivity contribution < 1.29 is 9.84 Å². The van der Waals surface area contributed by atoms with E-state index in [1.807, 2.05) is 12.3 Å². The molecule has 0 radical (unpaired) electrons. The van der Waals surface area contributed by atoms with Gasteiger partial charge in [0.05, 0.1) is 18.8 Å². The quantitative estimate of drug-likeness (QED) is 0.845. The molecular formula is C12H19NO2S. The average molecular weight is 241 g/mol. The van der Waals surface area contributed by atoms with Gasteiger partial charge < -0.3 is 15.2 Å². The number of thiophene rings is 1. The highest BCUT2D eigenvalue weighted by molar-refractivity contribution is 7.10. The largest absolute Gasteiger partial charge is 0.385 e. The zero-order valence-electron chi connectivity index (χ0n) is 9.82. The molecule has 3 nitrogen and oxygen atoms in total. The predicted molar refractivity (Wildman–Crippen MR) is 65.9 cm³/mol. The molecule has 0 amide bonds. The lowest BCUT2D eigenvalue weighted by Crippen LogP contribution is -2.45. The Morgan fingerprint density at radius 1 is 1.69 bits per heavy atom. The van der Waals surface area contributed by atoms with Crippen molar-refractivity contribution in [3.63, 3.8) is 0 Å². The summed E-state index contributed by atoms with van der Waals surface area (Å²) >= 11 is 1.68. The van der Waals surface area contributed by atoms with Crippen LogP contribution in [0.5, 0.6) is 0 Å². The van der Waals surface area contributed by atoms with E-state index in [0.717, 1.165) is 18.7 Å². The van der Waals surface area contributed by atoms with E-state index in [-0.39, 0.29) is 6.04 Å². The minimum Gasteiger partial charge on any atom is -0.385 e. The molecule has 0 saturated carbocycles. The third kappa shape index (κ3) is 2.83. The average Bonchev–Trinajstić information content (AvgIpc) is 2.66. The smallest absolute Gasteiger partial charge is 0.0892 e. The van der Waals surface area contributed by atoms with Gasteiger partial charge in [0.15, 0.2) is 0 Å². The van der Waals surface area contributed by atoms with E-state index in [0.29, 0.717) is 13.0 Å². The standard InChI is InChI=1S/C12H19NO2S/c1-9-5-10(8-16-9)12(2,14)6-11-7-15-4-3-13-11/h5,8,11,13-14H,3-4,6-7H2,1-2H3. The van der Waals surface area contributed by atoms with Crippen molar-refractivity contribution >= 4 is 11.3 Å². The summed E-state index contributed by atoms with van der Waals surface area (Å²) in [4.78, 5) is 1.24. The first-order valence-corrected chi connectivity index (χ1v) is 6.55. The molecule has 1 aromatic heterocycles. The highest BCUT2D eigenvalue weighted by Gasteiger charge is 2.29.